The van der Waals surface area contributed by atoms with Gasteiger partial charge in [0.25, 0.3) is 0 Å². The van der Waals surface area contributed by atoms with Gasteiger partial charge in [0.05, 0.1) is 17.3 Å². The number of piperazine rings is 1. The number of anilines is 3. The zero-order chi connectivity index (χ0) is 24.8. The van der Waals surface area contributed by atoms with Crippen molar-refractivity contribution in [3.63, 3.8) is 0 Å². The summed E-state index contributed by atoms with van der Waals surface area (Å²) in [5, 5.41) is 21.9. The van der Waals surface area contributed by atoms with Crippen LogP contribution in [0.15, 0.2) is 42.6 Å². The molecule has 2 aromatic carbocycles. The second-order valence-electron chi connectivity index (χ2n) is 8.51. The summed E-state index contributed by atoms with van der Waals surface area (Å²) in [6, 6.07) is 11.5. The van der Waals surface area contributed by atoms with Crippen LogP contribution >= 0.6 is 11.3 Å². The third kappa shape index (κ3) is 3.71. The number of nitrogens with zero attached hydrogens (tertiary/aromatic N) is 6. The van der Waals surface area contributed by atoms with Gasteiger partial charge in [-0.25, -0.2) is 18.7 Å². The van der Waals surface area contributed by atoms with E-state index >= 15 is 4.39 Å². The average molecular weight is 503 g/mol. The summed E-state index contributed by atoms with van der Waals surface area (Å²) >= 11 is 1.21. The van der Waals surface area contributed by atoms with Crippen LogP contribution in [0.3, 0.4) is 0 Å². The van der Waals surface area contributed by atoms with Crippen molar-refractivity contribution in [1.82, 2.24) is 25.5 Å². The van der Waals surface area contributed by atoms with Crippen LogP contribution in [0.4, 0.5) is 25.3 Å². The number of hydrogen-bond acceptors (Lipinski definition) is 8. The second-order valence-corrected chi connectivity index (χ2v) is 9.48. The fourth-order valence-electron chi connectivity index (χ4n) is 4.57. The maximum Gasteiger partial charge on any atom is 0.191 e. The van der Waals surface area contributed by atoms with Crippen LogP contribution in [0, 0.1) is 23.0 Å². The number of nitriles is 1. The Hall–Kier alpha value is -4.14. The molecule has 0 spiro atoms. The SMILES string of the molecule is CN(c1nc(-c2ccc(F)cc2)c(C#N)s1)c1c2cn[nH]c2nc2c(F)cc(N3CCNCC3)cc12. The van der Waals surface area contributed by atoms with Crippen molar-refractivity contribution in [3.05, 3.63) is 59.1 Å². The Kier molecular flexibility index (Phi) is 5.47. The topological polar surface area (TPSA) is 96.8 Å². The van der Waals surface area contributed by atoms with E-state index in [1.165, 1.54) is 29.5 Å². The van der Waals surface area contributed by atoms with Crippen LogP contribution < -0.4 is 15.1 Å². The number of fused-ring (bicyclic) bond motifs is 2. The van der Waals surface area contributed by atoms with Gasteiger partial charge in [-0.2, -0.15) is 10.4 Å². The van der Waals surface area contributed by atoms with E-state index in [0.717, 1.165) is 31.9 Å². The zero-order valence-corrected chi connectivity index (χ0v) is 20.0. The Morgan fingerprint density at radius 2 is 1.86 bits per heavy atom. The van der Waals surface area contributed by atoms with Crippen LogP contribution in [0.5, 0.6) is 0 Å². The molecule has 2 N–H and O–H groups in total. The summed E-state index contributed by atoms with van der Waals surface area (Å²) in [6.45, 7) is 3.20. The smallest absolute Gasteiger partial charge is 0.191 e. The van der Waals surface area contributed by atoms with Gasteiger partial charge in [0.2, 0.25) is 0 Å². The van der Waals surface area contributed by atoms with Gasteiger partial charge < -0.3 is 15.1 Å². The van der Waals surface area contributed by atoms with Gasteiger partial charge in [-0.1, -0.05) is 11.3 Å². The highest BCUT2D eigenvalue weighted by Crippen LogP contribution is 2.42. The van der Waals surface area contributed by atoms with Gasteiger partial charge in [-0.05, 0) is 36.4 Å². The molecule has 11 heteroatoms. The molecule has 0 radical (unpaired) electrons. The molecule has 5 aromatic rings. The van der Waals surface area contributed by atoms with E-state index in [1.807, 2.05) is 18.0 Å². The van der Waals surface area contributed by atoms with Crippen molar-refractivity contribution in [2.75, 3.05) is 43.0 Å². The summed E-state index contributed by atoms with van der Waals surface area (Å²) in [4.78, 5) is 13.6. The second kappa shape index (κ2) is 8.82. The number of rotatable bonds is 4. The maximum absolute atomic E-state index is 15.4. The first kappa shape index (κ1) is 22.3. The lowest BCUT2D eigenvalue weighted by molar-refractivity contribution is 0.586. The molecule has 0 saturated carbocycles. The number of aromatic nitrogens is 4. The molecular weight excluding hydrogens is 482 g/mol. The molecule has 36 heavy (non-hydrogen) atoms. The van der Waals surface area contributed by atoms with Crippen LogP contribution in [-0.2, 0) is 0 Å². The molecule has 1 saturated heterocycles. The molecular formula is C25H20F2N8S. The summed E-state index contributed by atoms with van der Waals surface area (Å²) in [5.41, 5.74) is 3.26. The standard InChI is InChI=1S/C25H20F2N8S/c1-34(25-32-21(20(12-28)36-25)14-2-4-15(26)5-3-14)23-17-10-16(35-8-6-29-7-9-35)11-19(27)22(17)31-24-18(23)13-30-33-24/h2-5,10-11,13,29H,6-9H2,1H3,(H,30,31,33). The van der Waals surface area contributed by atoms with Gasteiger partial charge in [-0.15, -0.1) is 0 Å². The number of aromatic amines is 1. The quantitative estimate of drug-likeness (QED) is 0.372. The maximum atomic E-state index is 15.4. The number of benzene rings is 2. The molecule has 1 fully saturated rings. The van der Waals surface area contributed by atoms with Crippen molar-refractivity contribution in [1.29, 1.82) is 5.26 Å². The van der Waals surface area contributed by atoms with Gasteiger partial charge in [0, 0.05) is 49.9 Å². The average Bonchev–Trinajstić information content (AvgIpc) is 3.55. The van der Waals surface area contributed by atoms with Gasteiger partial charge in [0.1, 0.15) is 28.0 Å². The Labute approximate surface area is 208 Å². The van der Waals surface area contributed by atoms with E-state index in [9.17, 15) is 9.65 Å². The third-order valence-corrected chi connectivity index (χ3v) is 7.38. The van der Waals surface area contributed by atoms with Gasteiger partial charge in [0.15, 0.2) is 16.6 Å². The van der Waals surface area contributed by atoms with Crippen molar-refractivity contribution in [2.45, 2.75) is 0 Å². The number of H-pyrrole nitrogens is 1. The number of nitrogens with one attached hydrogen (secondary N) is 2. The minimum Gasteiger partial charge on any atom is -0.369 e. The van der Waals surface area contributed by atoms with Crippen LogP contribution in [0.2, 0.25) is 0 Å². The summed E-state index contributed by atoms with van der Waals surface area (Å²) in [7, 11) is 1.82. The van der Waals surface area contributed by atoms with Gasteiger partial charge in [-0.3, -0.25) is 5.10 Å². The molecule has 180 valence electrons. The van der Waals surface area contributed by atoms with Crippen LogP contribution in [0.25, 0.3) is 33.2 Å². The molecule has 8 nitrogen and oxygen atoms in total. The normalized spacial score (nSPS) is 13.9. The highest BCUT2D eigenvalue weighted by molar-refractivity contribution is 7.16. The molecule has 0 unspecified atom stereocenters. The summed E-state index contributed by atoms with van der Waals surface area (Å²) in [5.74, 6) is -0.784. The fraction of sp³-hybridized carbons (Fsp3) is 0.200. The monoisotopic (exact) mass is 502 g/mol. The molecule has 1 aliphatic heterocycles. The largest absolute Gasteiger partial charge is 0.369 e. The Bertz CT molecular complexity index is 1630. The van der Waals surface area contributed by atoms with Crippen LogP contribution in [-0.4, -0.2) is 53.4 Å². The molecule has 0 bridgehead atoms. The van der Waals surface area contributed by atoms with E-state index in [1.54, 1.807) is 18.3 Å². The van der Waals surface area contributed by atoms with Crippen LogP contribution in [0.1, 0.15) is 4.88 Å². The van der Waals surface area contributed by atoms with Crippen molar-refractivity contribution >= 4 is 49.8 Å². The molecule has 6 rings (SSSR count). The molecule has 0 atom stereocenters. The minimum atomic E-state index is -0.420. The molecule has 1 aliphatic rings. The summed E-state index contributed by atoms with van der Waals surface area (Å²) < 4.78 is 28.9. The van der Waals surface area contributed by atoms with E-state index in [4.69, 9.17) is 4.98 Å². The van der Waals surface area contributed by atoms with E-state index in [2.05, 4.69) is 31.5 Å². The van der Waals surface area contributed by atoms with E-state index in [0.29, 0.717) is 43.4 Å². The molecule has 0 aliphatic carbocycles. The number of pyridine rings is 1. The Balaban J connectivity index is 1.53. The predicted molar refractivity (Wildman–Crippen MR) is 137 cm³/mol. The van der Waals surface area contributed by atoms with Gasteiger partial charge >= 0.3 is 0 Å². The number of hydrogen-bond donors (Lipinski definition) is 2. The molecule has 4 heterocycles. The van der Waals surface area contributed by atoms with Crippen molar-refractivity contribution in [3.8, 4) is 17.3 Å². The fourth-order valence-corrected chi connectivity index (χ4v) is 5.42. The minimum absolute atomic E-state index is 0.225. The number of halogens is 2. The highest BCUT2D eigenvalue weighted by atomic mass is 32.1. The summed E-state index contributed by atoms with van der Waals surface area (Å²) in [6.07, 6.45) is 1.66. The van der Waals surface area contributed by atoms with Crippen molar-refractivity contribution < 1.29 is 8.78 Å². The first-order chi connectivity index (χ1) is 17.5. The Morgan fingerprint density at radius 1 is 1.08 bits per heavy atom. The lowest BCUT2D eigenvalue weighted by Crippen LogP contribution is -2.43. The lowest BCUT2D eigenvalue weighted by Gasteiger charge is -2.30. The predicted octanol–water partition coefficient (Wildman–Crippen LogP) is 4.56. The molecule has 0 amide bonds. The van der Waals surface area contributed by atoms with E-state index < -0.39 is 5.82 Å². The Morgan fingerprint density at radius 3 is 2.61 bits per heavy atom. The first-order valence-corrected chi connectivity index (χ1v) is 12.2. The third-order valence-electron chi connectivity index (χ3n) is 6.34. The van der Waals surface area contributed by atoms with E-state index in [-0.39, 0.29) is 11.3 Å². The molecule has 3 aromatic heterocycles. The zero-order valence-electron chi connectivity index (χ0n) is 19.2. The lowest BCUT2D eigenvalue weighted by atomic mass is 10.1. The highest BCUT2D eigenvalue weighted by Gasteiger charge is 2.23. The van der Waals surface area contributed by atoms with Crippen molar-refractivity contribution in [2.24, 2.45) is 0 Å². The first-order valence-electron chi connectivity index (χ1n) is 11.4. The number of thiazole rings is 1.